The number of phenols is 1. The summed E-state index contributed by atoms with van der Waals surface area (Å²) in [6.07, 6.45) is 0.924. The molecule has 1 rings (SSSR count). The normalized spacial score (nSPS) is 12.7. The van der Waals surface area contributed by atoms with Gasteiger partial charge in [0.15, 0.2) is 11.5 Å². The first-order valence-electron chi connectivity index (χ1n) is 6.37. The second-order valence-corrected chi connectivity index (χ2v) is 5.87. The number of aliphatic hydroxyl groups excluding tert-OH is 1. The standard InChI is InChI=1S/C14H22BrNO3/c1-9(2)4-11(8-17)16-7-10-5-12(15)14(18)13(6-10)19-3/h5-6,9,11,16-18H,4,7-8H2,1-3H3. The van der Waals surface area contributed by atoms with Crippen molar-refractivity contribution in [3.05, 3.63) is 22.2 Å². The van der Waals surface area contributed by atoms with E-state index in [1.54, 1.807) is 6.07 Å². The average molecular weight is 332 g/mol. The lowest BCUT2D eigenvalue weighted by molar-refractivity contribution is 0.223. The number of nitrogens with one attached hydrogen (secondary N) is 1. The van der Waals surface area contributed by atoms with Crippen molar-refractivity contribution in [3.8, 4) is 11.5 Å². The Morgan fingerprint density at radius 1 is 1.37 bits per heavy atom. The van der Waals surface area contributed by atoms with Crippen LogP contribution in [0.1, 0.15) is 25.8 Å². The van der Waals surface area contributed by atoms with Crippen LogP contribution in [0.4, 0.5) is 0 Å². The lowest BCUT2D eigenvalue weighted by atomic mass is 10.0. The molecule has 0 radical (unpaired) electrons. The Morgan fingerprint density at radius 2 is 2.05 bits per heavy atom. The summed E-state index contributed by atoms with van der Waals surface area (Å²) >= 11 is 3.29. The summed E-state index contributed by atoms with van der Waals surface area (Å²) in [4.78, 5) is 0. The van der Waals surface area contributed by atoms with Crippen LogP contribution in [0.25, 0.3) is 0 Å². The number of halogens is 1. The van der Waals surface area contributed by atoms with E-state index in [1.165, 1.54) is 7.11 Å². The van der Waals surface area contributed by atoms with Crippen LogP contribution in [0.15, 0.2) is 16.6 Å². The smallest absolute Gasteiger partial charge is 0.172 e. The fourth-order valence-electron chi connectivity index (χ4n) is 1.94. The van der Waals surface area contributed by atoms with Crippen molar-refractivity contribution in [2.45, 2.75) is 32.9 Å². The number of methoxy groups -OCH3 is 1. The van der Waals surface area contributed by atoms with E-state index < -0.39 is 0 Å². The predicted octanol–water partition coefficient (Wildman–Crippen LogP) is 2.66. The SMILES string of the molecule is COc1cc(CNC(CO)CC(C)C)cc(Br)c1O. The van der Waals surface area contributed by atoms with Gasteiger partial charge in [-0.05, 0) is 46.0 Å². The number of rotatable bonds is 7. The molecule has 1 aromatic carbocycles. The zero-order valence-electron chi connectivity index (χ0n) is 11.6. The molecular weight excluding hydrogens is 310 g/mol. The van der Waals surface area contributed by atoms with E-state index in [0.717, 1.165) is 12.0 Å². The second-order valence-electron chi connectivity index (χ2n) is 5.02. The monoisotopic (exact) mass is 331 g/mol. The van der Waals surface area contributed by atoms with Gasteiger partial charge in [0, 0.05) is 12.6 Å². The van der Waals surface area contributed by atoms with Crippen LogP contribution < -0.4 is 10.1 Å². The fourth-order valence-corrected chi connectivity index (χ4v) is 2.43. The fraction of sp³-hybridized carbons (Fsp3) is 0.571. The molecule has 0 saturated heterocycles. The maximum atomic E-state index is 9.73. The third kappa shape index (κ3) is 5.01. The minimum absolute atomic E-state index is 0.0820. The number of hydrogen-bond acceptors (Lipinski definition) is 4. The Labute approximate surface area is 122 Å². The highest BCUT2D eigenvalue weighted by Crippen LogP contribution is 2.35. The van der Waals surface area contributed by atoms with Crippen LogP contribution in [0.5, 0.6) is 11.5 Å². The van der Waals surface area contributed by atoms with Gasteiger partial charge in [0.05, 0.1) is 18.2 Å². The Balaban J connectivity index is 2.69. The lowest BCUT2D eigenvalue weighted by Crippen LogP contribution is -2.33. The number of aliphatic hydroxyl groups is 1. The summed E-state index contributed by atoms with van der Waals surface area (Å²) in [6, 6.07) is 3.71. The van der Waals surface area contributed by atoms with Crippen LogP contribution in [-0.4, -0.2) is 30.0 Å². The van der Waals surface area contributed by atoms with Crippen molar-refractivity contribution in [1.29, 1.82) is 0 Å². The van der Waals surface area contributed by atoms with Crippen molar-refractivity contribution < 1.29 is 14.9 Å². The Hall–Kier alpha value is -0.780. The molecule has 0 aromatic heterocycles. The van der Waals surface area contributed by atoms with Crippen LogP contribution in [0.3, 0.4) is 0 Å². The summed E-state index contributed by atoms with van der Waals surface area (Å²) in [7, 11) is 1.52. The molecule has 4 nitrogen and oxygen atoms in total. The largest absolute Gasteiger partial charge is 0.503 e. The van der Waals surface area contributed by atoms with Crippen LogP contribution in [-0.2, 0) is 6.54 Å². The van der Waals surface area contributed by atoms with Gasteiger partial charge in [-0.1, -0.05) is 13.8 Å². The first kappa shape index (κ1) is 16.3. The summed E-state index contributed by atoms with van der Waals surface area (Å²) < 4.78 is 5.71. The molecule has 1 unspecified atom stereocenters. The predicted molar refractivity (Wildman–Crippen MR) is 79.5 cm³/mol. The Kier molecular flexibility index (Phi) is 6.62. The van der Waals surface area contributed by atoms with Gasteiger partial charge in [0.25, 0.3) is 0 Å². The van der Waals surface area contributed by atoms with Crippen molar-refractivity contribution in [2.24, 2.45) is 5.92 Å². The maximum Gasteiger partial charge on any atom is 0.172 e. The minimum Gasteiger partial charge on any atom is -0.503 e. The van der Waals surface area contributed by atoms with Gasteiger partial charge in [-0.2, -0.15) is 0 Å². The van der Waals surface area contributed by atoms with E-state index in [1.807, 2.05) is 6.07 Å². The Bertz CT molecular complexity index is 410. The quantitative estimate of drug-likeness (QED) is 0.718. The molecule has 108 valence electrons. The maximum absolute atomic E-state index is 9.73. The van der Waals surface area contributed by atoms with Crippen LogP contribution in [0.2, 0.25) is 0 Å². The molecular formula is C14H22BrNO3. The van der Waals surface area contributed by atoms with Crippen LogP contribution in [0, 0.1) is 5.92 Å². The molecule has 0 fully saturated rings. The van der Waals surface area contributed by atoms with E-state index in [-0.39, 0.29) is 18.4 Å². The summed E-state index contributed by atoms with van der Waals surface area (Å²) in [6.45, 7) is 5.00. The number of phenolic OH excluding ortho intramolecular Hbond substituents is 1. The first-order chi connectivity index (χ1) is 8.97. The number of benzene rings is 1. The molecule has 5 heteroatoms. The lowest BCUT2D eigenvalue weighted by Gasteiger charge is -2.18. The molecule has 0 spiro atoms. The molecule has 0 amide bonds. The summed E-state index contributed by atoms with van der Waals surface area (Å²) in [5, 5.41) is 22.4. The second kappa shape index (κ2) is 7.72. The van der Waals surface area contributed by atoms with E-state index in [0.29, 0.717) is 22.7 Å². The number of hydrogen-bond donors (Lipinski definition) is 3. The summed E-state index contributed by atoms with van der Waals surface area (Å²) in [5.41, 5.74) is 0.990. The highest BCUT2D eigenvalue weighted by atomic mass is 79.9. The molecule has 0 aliphatic heterocycles. The van der Waals surface area contributed by atoms with Gasteiger partial charge in [-0.3, -0.25) is 0 Å². The molecule has 0 aliphatic rings. The summed E-state index contributed by atoms with van der Waals surface area (Å²) in [5.74, 6) is 1.08. The average Bonchev–Trinajstić information content (AvgIpc) is 2.37. The molecule has 19 heavy (non-hydrogen) atoms. The van der Waals surface area contributed by atoms with E-state index in [9.17, 15) is 10.2 Å². The van der Waals surface area contributed by atoms with E-state index >= 15 is 0 Å². The van der Waals surface area contributed by atoms with Crippen molar-refractivity contribution >= 4 is 15.9 Å². The van der Waals surface area contributed by atoms with Gasteiger partial charge >= 0.3 is 0 Å². The third-order valence-corrected chi connectivity index (χ3v) is 3.48. The Morgan fingerprint density at radius 3 is 2.58 bits per heavy atom. The number of aromatic hydroxyl groups is 1. The van der Waals surface area contributed by atoms with Gasteiger partial charge in [0.2, 0.25) is 0 Å². The highest BCUT2D eigenvalue weighted by Gasteiger charge is 2.12. The van der Waals surface area contributed by atoms with Crippen molar-refractivity contribution in [2.75, 3.05) is 13.7 Å². The van der Waals surface area contributed by atoms with Crippen molar-refractivity contribution in [1.82, 2.24) is 5.32 Å². The van der Waals surface area contributed by atoms with Gasteiger partial charge < -0.3 is 20.3 Å². The molecule has 0 bridgehead atoms. The molecule has 3 N–H and O–H groups in total. The highest BCUT2D eigenvalue weighted by molar-refractivity contribution is 9.10. The first-order valence-corrected chi connectivity index (χ1v) is 7.16. The molecule has 1 aromatic rings. The van der Waals surface area contributed by atoms with Crippen molar-refractivity contribution in [3.63, 3.8) is 0 Å². The zero-order valence-corrected chi connectivity index (χ0v) is 13.2. The zero-order chi connectivity index (χ0) is 14.4. The van der Waals surface area contributed by atoms with Gasteiger partial charge in [-0.25, -0.2) is 0 Å². The minimum atomic E-state index is 0.0820. The topological polar surface area (TPSA) is 61.7 Å². The van der Waals surface area contributed by atoms with Gasteiger partial charge in [-0.15, -0.1) is 0 Å². The van der Waals surface area contributed by atoms with Gasteiger partial charge in [0.1, 0.15) is 0 Å². The van der Waals surface area contributed by atoms with E-state index in [4.69, 9.17) is 4.74 Å². The molecule has 0 aliphatic carbocycles. The van der Waals surface area contributed by atoms with Crippen LogP contribution >= 0.6 is 15.9 Å². The number of ether oxygens (including phenoxy) is 1. The molecule has 0 saturated carbocycles. The molecule has 1 atom stereocenters. The molecule has 0 heterocycles. The third-order valence-electron chi connectivity index (χ3n) is 2.88. The van der Waals surface area contributed by atoms with E-state index in [2.05, 4.69) is 35.1 Å².